The normalized spacial score (nSPS) is 10.9. The van der Waals surface area contributed by atoms with E-state index in [4.69, 9.17) is 10.9 Å². The molecule has 2 rings (SSSR count). The lowest BCUT2D eigenvalue weighted by molar-refractivity contribution is 0.863. The van der Waals surface area contributed by atoms with E-state index in [-0.39, 0.29) is 5.84 Å². The molecule has 4 heteroatoms. The van der Waals surface area contributed by atoms with Gasteiger partial charge in [0, 0.05) is 29.2 Å². The van der Waals surface area contributed by atoms with Crippen molar-refractivity contribution in [1.29, 1.82) is 10.9 Å². The van der Waals surface area contributed by atoms with Crippen LogP contribution in [0.1, 0.15) is 5.56 Å². The Labute approximate surface area is 105 Å². The third kappa shape index (κ3) is 2.27. The van der Waals surface area contributed by atoms with Crippen molar-refractivity contribution >= 4 is 16.7 Å². The molecule has 18 heavy (non-hydrogen) atoms. The Kier molecular flexibility index (Phi) is 3.48. The summed E-state index contributed by atoms with van der Waals surface area (Å²) >= 11 is 0. The fraction of sp³-hybridized carbons (Fsp3) is 0.0714. The molecule has 1 aromatic heterocycles. The maximum Gasteiger partial charge on any atom is 0.173 e. The third-order valence-electron chi connectivity index (χ3n) is 2.73. The molecule has 1 heterocycles. The van der Waals surface area contributed by atoms with E-state index in [0.29, 0.717) is 5.56 Å². The van der Waals surface area contributed by atoms with Crippen LogP contribution in [0.15, 0.2) is 60.4 Å². The highest BCUT2D eigenvalue weighted by Crippen LogP contribution is 2.18. The van der Waals surface area contributed by atoms with Crippen molar-refractivity contribution < 1.29 is 0 Å². The maximum absolute atomic E-state index is 7.51. The average molecular weight is 238 g/mol. The van der Waals surface area contributed by atoms with Gasteiger partial charge in [-0.1, -0.05) is 24.8 Å². The Bertz CT molecular complexity index is 634. The number of hydrogen-bond acceptors (Lipinski definition) is 2. The summed E-state index contributed by atoms with van der Waals surface area (Å²) < 4.78 is 2.11. The van der Waals surface area contributed by atoms with Crippen LogP contribution in [0.2, 0.25) is 0 Å². The van der Waals surface area contributed by atoms with Crippen LogP contribution in [0.3, 0.4) is 0 Å². The summed E-state index contributed by atoms with van der Waals surface area (Å²) in [5.74, 6) is -0.0174. The van der Waals surface area contributed by atoms with Crippen LogP contribution in [-0.2, 0) is 6.54 Å². The molecule has 0 saturated carbocycles. The first kappa shape index (κ1) is 12.0. The molecule has 0 atom stereocenters. The van der Waals surface area contributed by atoms with E-state index >= 15 is 0 Å². The van der Waals surface area contributed by atoms with Gasteiger partial charge in [-0.25, -0.2) is 5.53 Å². The molecule has 0 aliphatic heterocycles. The zero-order valence-electron chi connectivity index (χ0n) is 9.93. The lowest BCUT2D eigenvalue weighted by atomic mass is 10.1. The van der Waals surface area contributed by atoms with Gasteiger partial charge in [-0.05, 0) is 24.3 Å². The minimum Gasteiger partial charge on any atom is -0.344 e. The number of nitrogens with zero attached hydrogens (tertiary/aromatic N) is 2. The van der Waals surface area contributed by atoms with Crippen LogP contribution in [0, 0.1) is 10.9 Å². The van der Waals surface area contributed by atoms with Gasteiger partial charge in [-0.3, -0.25) is 5.41 Å². The Hall–Kier alpha value is -2.49. The molecular formula is C14H14N4. The Morgan fingerprint density at radius 2 is 2.22 bits per heavy atom. The molecule has 0 radical (unpaired) electrons. The molecular weight excluding hydrogens is 224 g/mol. The number of allylic oxidation sites excluding steroid dienone is 3. The first-order valence-electron chi connectivity index (χ1n) is 5.59. The van der Waals surface area contributed by atoms with E-state index in [2.05, 4.69) is 16.3 Å². The fourth-order valence-corrected chi connectivity index (χ4v) is 1.84. The predicted octanol–water partition coefficient (Wildman–Crippen LogP) is 3.74. The number of nitrogens with one attached hydrogen (secondary N) is 2. The summed E-state index contributed by atoms with van der Waals surface area (Å²) in [4.78, 5) is 0. The monoisotopic (exact) mass is 238 g/mol. The van der Waals surface area contributed by atoms with E-state index in [1.807, 2.05) is 42.6 Å². The number of rotatable bonds is 4. The molecule has 0 aliphatic rings. The zero-order valence-corrected chi connectivity index (χ0v) is 9.93. The predicted molar refractivity (Wildman–Crippen MR) is 73.3 cm³/mol. The molecule has 0 spiro atoms. The molecule has 0 aliphatic carbocycles. The molecule has 0 bridgehead atoms. The second-order valence-electron chi connectivity index (χ2n) is 3.87. The molecule has 2 aromatic rings. The minimum atomic E-state index is -0.0174. The second-order valence-corrected chi connectivity index (χ2v) is 3.87. The average Bonchev–Trinajstić information content (AvgIpc) is 2.80. The highest BCUT2D eigenvalue weighted by molar-refractivity contribution is 5.99. The largest absolute Gasteiger partial charge is 0.344 e. The van der Waals surface area contributed by atoms with E-state index in [0.717, 1.165) is 17.4 Å². The summed E-state index contributed by atoms with van der Waals surface area (Å²) in [6, 6.07) is 7.64. The van der Waals surface area contributed by atoms with Gasteiger partial charge in [0.25, 0.3) is 0 Å². The summed E-state index contributed by atoms with van der Waals surface area (Å²) in [7, 11) is 0. The molecule has 0 unspecified atom stereocenters. The summed E-state index contributed by atoms with van der Waals surface area (Å²) in [5, 5.41) is 11.7. The Balaban J connectivity index is 2.37. The van der Waals surface area contributed by atoms with E-state index < -0.39 is 0 Å². The minimum absolute atomic E-state index is 0.0174. The van der Waals surface area contributed by atoms with Crippen LogP contribution in [-0.4, -0.2) is 10.4 Å². The van der Waals surface area contributed by atoms with Crippen LogP contribution >= 0.6 is 0 Å². The Morgan fingerprint density at radius 3 is 2.94 bits per heavy atom. The smallest absolute Gasteiger partial charge is 0.173 e. The molecule has 0 fully saturated rings. The van der Waals surface area contributed by atoms with Crippen molar-refractivity contribution in [1.82, 2.24) is 4.57 Å². The molecule has 0 amide bonds. The van der Waals surface area contributed by atoms with Gasteiger partial charge in [0.15, 0.2) is 5.84 Å². The summed E-state index contributed by atoms with van der Waals surface area (Å²) in [6.45, 7) is 4.42. The van der Waals surface area contributed by atoms with Gasteiger partial charge in [0.1, 0.15) is 0 Å². The lowest BCUT2D eigenvalue weighted by Gasteiger charge is -2.02. The van der Waals surface area contributed by atoms with Crippen molar-refractivity contribution in [3.05, 3.63) is 60.8 Å². The standard InChI is InChI=1S/C14H14N4/c1-2-3-4-8-18-9-7-11-10-12(14(15)17-16)5-6-13(11)18/h2-7,9-10,15-16H,1,8H2/b4-3+,15-14?,17-16?. The van der Waals surface area contributed by atoms with Gasteiger partial charge in [0.2, 0.25) is 0 Å². The van der Waals surface area contributed by atoms with Crippen molar-refractivity contribution in [3.8, 4) is 0 Å². The van der Waals surface area contributed by atoms with Crippen molar-refractivity contribution in [2.45, 2.75) is 6.54 Å². The van der Waals surface area contributed by atoms with Crippen molar-refractivity contribution in [3.63, 3.8) is 0 Å². The van der Waals surface area contributed by atoms with Crippen molar-refractivity contribution in [2.24, 2.45) is 5.11 Å². The van der Waals surface area contributed by atoms with E-state index in [1.54, 1.807) is 6.08 Å². The SMILES string of the molecule is C=C/C=C/Cn1ccc2cc(C(=N)N=N)ccc21. The topological polar surface area (TPSA) is 65.0 Å². The van der Waals surface area contributed by atoms with Crippen LogP contribution in [0.25, 0.3) is 10.9 Å². The van der Waals surface area contributed by atoms with Crippen LogP contribution < -0.4 is 0 Å². The number of fused-ring (bicyclic) bond motifs is 1. The highest BCUT2D eigenvalue weighted by Gasteiger charge is 2.04. The quantitative estimate of drug-likeness (QED) is 0.353. The maximum atomic E-state index is 7.51. The zero-order chi connectivity index (χ0) is 13.0. The van der Waals surface area contributed by atoms with Gasteiger partial charge in [-0.2, -0.15) is 0 Å². The van der Waals surface area contributed by atoms with E-state index in [9.17, 15) is 0 Å². The second kappa shape index (κ2) is 5.23. The molecule has 2 N–H and O–H groups in total. The summed E-state index contributed by atoms with van der Waals surface area (Å²) in [6.07, 6.45) is 7.70. The molecule has 0 saturated heterocycles. The number of hydrogen-bond donors (Lipinski definition) is 2. The van der Waals surface area contributed by atoms with Gasteiger partial charge >= 0.3 is 0 Å². The molecule has 4 nitrogen and oxygen atoms in total. The molecule has 1 aromatic carbocycles. The van der Waals surface area contributed by atoms with Gasteiger partial charge in [-0.15, -0.1) is 5.11 Å². The van der Waals surface area contributed by atoms with Crippen LogP contribution in [0.4, 0.5) is 0 Å². The first-order chi connectivity index (χ1) is 8.76. The number of benzene rings is 1. The first-order valence-corrected chi connectivity index (χ1v) is 5.59. The van der Waals surface area contributed by atoms with Gasteiger partial charge < -0.3 is 4.57 Å². The fourth-order valence-electron chi connectivity index (χ4n) is 1.84. The van der Waals surface area contributed by atoms with Crippen molar-refractivity contribution in [2.75, 3.05) is 0 Å². The Morgan fingerprint density at radius 1 is 1.39 bits per heavy atom. The lowest BCUT2D eigenvalue weighted by Crippen LogP contribution is -1.95. The number of aromatic nitrogens is 1. The third-order valence-corrected chi connectivity index (χ3v) is 2.73. The molecule has 90 valence electrons. The summed E-state index contributed by atoms with van der Waals surface area (Å²) in [5.41, 5.74) is 8.61. The number of amidine groups is 1. The van der Waals surface area contributed by atoms with Gasteiger partial charge in [0.05, 0.1) is 0 Å². The van der Waals surface area contributed by atoms with Crippen LogP contribution in [0.5, 0.6) is 0 Å². The van der Waals surface area contributed by atoms with E-state index in [1.165, 1.54) is 0 Å². The highest BCUT2D eigenvalue weighted by atomic mass is 15.0.